The van der Waals surface area contributed by atoms with Gasteiger partial charge in [-0.3, -0.25) is 10.1 Å². The molecule has 3 unspecified atom stereocenters. The molecule has 0 amide bonds. The molecular formula is C72H67ClN4O14. The van der Waals surface area contributed by atoms with Gasteiger partial charge in [-0.05, 0) is 118 Å². The normalized spacial score (nSPS) is 17.3. The van der Waals surface area contributed by atoms with Gasteiger partial charge in [0.25, 0.3) is 5.69 Å². The molecule has 0 aliphatic carbocycles. The van der Waals surface area contributed by atoms with E-state index >= 15 is 0 Å². The fraction of sp³-hybridized carbons (Fsp3) is 0.208. The van der Waals surface area contributed by atoms with Crippen molar-refractivity contribution in [1.82, 2.24) is 0 Å². The first-order chi connectivity index (χ1) is 43.5. The fourth-order valence-electron chi connectivity index (χ4n) is 12.2. The molecule has 0 fully saturated rings. The second-order valence-electron chi connectivity index (χ2n) is 22.4. The smallest absolute Gasteiger partial charge is 0.340 e. The highest BCUT2D eigenvalue weighted by molar-refractivity contribution is 6.31. The zero-order chi connectivity index (χ0) is 65.4. The van der Waals surface area contributed by atoms with Gasteiger partial charge in [0.1, 0.15) is 34.5 Å². The van der Waals surface area contributed by atoms with Crippen molar-refractivity contribution in [2.45, 2.75) is 44.5 Å². The Hall–Kier alpha value is -10.7. The number of nitrogens with zero attached hydrogens (tertiary/aromatic N) is 4. The van der Waals surface area contributed by atoms with Crippen molar-refractivity contribution < 1.29 is 63.4 Å². The minimum absolute atomic E-state index is 0.0484. The lowest BCUT2D eigenvalue weighted by atomic mass is 9.78. The molecule has 4 N–H and O–H groups in total. The Morgan fingerprint density at radius 1 is 0.462 bits per heavy atom. The van der Waals surface area contributed by atoms with Crippen molar-refractivity contribution >= 4 is 52.3 Å². The number of hydrogen-bond donors (Lipinski definition) is 4. The highest BCUT2D eigenvalue weighted by Crippen LogP contribution is 2.56. The maximum absolute atomic E-state index is 12.9. The molecule has 18 nitrogen and oxygen atoms in total. The van der Waals surface area contributed by atoms with Crippen LogP contribution in [0.15, 0.2) is 176 Å². The third-order valence-electron chi connectivity index (χ3n) is 16.7. The average molecular weight is 1250 g/mol. The van der Waals surface area contributed by atoms with E-state index in [1.807, 2.05) is 99.5 Å². The molecule has 466 valence electrons. The second-order valence-corrected chi connectivity index (χ2v) is 22.8. The van der Waals surface area contributed by atoms with Gasteiger partial charge in [-0.2, -0.15) is 0 Å². The number of rotatable bonds is 14. The van der Waals surface area contributed by atoms with Gasteiger partial charge >= 0.3 is 17.9 Å². The van der Waals surface area contributed by atoms with Gasteiger partial charge in [-0.1, -0.05) is 77.8 Å². The number of nitro benzene ring substituents is 1. The van der Waals surface area contributed by atoms with Gasteiger partial charge in [0.2, 0.25) is 0 Å². The Labute approximate surface area is 531 Å². The van der Waals surface area contributed by atoms with Crippen LogP contribution in [0.3, 0.4) is 0 Å². The number of carbonyl (C=O) groups excluding carboxylic acids is 3. The predicted molar refractivity (Wildman–Crippen MR) is 347 cm³/mol. The number of ether oxygens (including phenoxy) is 5. The van der Waals surface area contributed by atoms with Gasteiger partial charge in [0, 0.05) is 138 Å². The largest absolute Gasteiger partial charge is 0.507 e. The van der Waals surface area contributed by atoms with Gasteiger partial charge in [0.05, 0.1) is 41.4 Å². The van der Waals surface area contributed by atoms with E-state index < -0.39 is 39.6 Å². The van der Waals surface area contributed by atoms with Gasteiger partial charge in [-0.25, -0.2) is 14.4 Å². The van der Waals surface area contributed by atoms with Crippen LogP contribution in [0.1, 0.15) is 106 Å². The lowest BCUT2D eigenvalue weighted by Crippen LogP contribution is -2.30. The van der Waals surface area contributed by atoms with E-state index in [1.54, 1.807) is 111 Å². The molecule has 9 aromatic rings. The molecule has 3 atom stereocenters. The highest BCUT2D eigenvalue weighted by atomic mass is 35.5. The maximum atomic E-state index is 12.9. The SMILES string of the molecule is CCN(CC)c1ccc(C2(c3cc(C)ccc3OC)OC(=O)c3ccccc32)c(O)c1.COc1ccc([N+](=O)[O-])cc1C1(c2ccc(N(C)C)cc2O)OC(=O)c2ccccc21.Cc1cc(C2(c3ccc(N(C)C)cc3O)OC(=O)c3ccccc32)c(O)cc1Cl. The number of halogens is 1. The summed E-state index contributed by atoms with van der Waals surface area (Å²) in [6.45, 7) is 9.57. The van der Waals surface area contributed by atoms with Crippen molar-refractivity contribution in [2.24, 2.45) is 0 Å². The molecule has 0 saturated carbocycles. The fourth-order valence-corrected chi connectivity index (χ4v) is 12.4. The number of cyclic esters (lactones) is 3. The van der Waals surface area contributed by atoms with Crippen LogP contribution >= 0.6 is 11.6 Å². The Bertz CT molecular complexity index is 4360. The van der Waals surface area contributed by atoms with Crippen molar-refractivity contribution in [3.8, 4) is 34.5 Å². The van der Waals surface area contributed by atoms with Gasteiger partial charge in [-0.15, -0.1) is 0 Å². The summed E-state index contributed by atoms with van der Waals surface area (Å²) in [4.78, 5) is 55.3. The van der Waals surface area contributed by atoms with E-state index in [2.05, 4.69) is 18.7 Å². The van der Waals surface area contributed by atoms with Crippen LogP contribution in [0.2, 0.25) is 5.02 Å². The Kier molecular flexibility index (Phi) is 17.4. The number of hydrogen-bond acceptors (Lipinski definition) is 17. The Morgan fingerprint density at radius 2 is 0.835 bits per heavy atom. The number of phenolic OH excluding ortho intramolecular Hbond substituents is 4. The van der Waals surface area contributed by atoms with Crippen molar-refractivity contribution in [2.75, 3.05) is 70.2 Å². The molecule has 19 heteroatoms. The number of methoxy groups -OCH3 is 2. The molecule has 0 spiro atoms. The molecule has 0 bridgehead atoms. The van der Waals surface area contributed by atoms with E-state index in [1.165, 1.54) is 31.4 Å². The summed E-state index contributed by atoms with van der Waals surface area (Å²) in [5.41, 5.74) is 4.81. The summed E-state index contributed by atoms with van der Waals surface area (Å²) in [7, 11) is 10.4. The molecule has 12 rings (SSSR count). The summed E-state index contributed by atoms with van der Waals surface area (Å²) >= 11 is 6.18. The van der Waals surface area contributed by atoms with Gasteiger partial charge < -0.3 is 58.8 Å². The zero-order valence-electron chi connectivity index (χ0n) is 51.7. The molecule has 9 aromatic carbocycles. The van der Waals surface area contributed by atoms with Crippen LogP contribution in [0, 0.1) is 24.0 Å². The third-order valence-corrected chi connectivity index (χ3v) is 17.1. The van der Waals surface area contributed by atoms with E-state index in [9.17, 15) is 44.9 Å². The summed E-state index contributed by atoms with van der Waals surface area (Å²) in [6.07, 6.45) is 0. The van der Waals surface area contributed by atoms with Crippen molar-refractivity contribution in [1.29, 1.82) is 0 Å². The lowest BCUT2D eigenvalue weighted by Gasteiger charge is -2.33. The minimum atomic E-state index is -1.63. The van der Waals surface area contributed by atoms with Crippen LogP contribution in [-0.4, -0.2) is 98.8 Å². The minimum Gasteiger partial charge on any atom is -0.507 e. The second kappa shape index (κ2) is 25.0. The number of anilines is 3. The first-order valence-electron chi connectivity index (χ1n) is 29.1. The van der Waals surface area contributed by atoms with Crippen molar-refractivity contribution in [3.63, 3.8) is 0 Å². The number of aromatic hydroxyl groups is 4. The van der Waals surface area contributed by atoms with E-state index in [4.69, 9.17) is 35.3 Å². The molecule has 0 saturated heterocycles. The number of fused-ring (bicyclic) bond motifs is 3. The number of carbonyl (C=O) groups is 3. The molecule has 3 aliphatic rings. The molecular weight excluding hydrogens is 1180 g/mol. The molecule has 91 heavy (non-hydrogen) atoms. The zero-order valence-corrected chi connectivity index (χ0v) is 52.5. The predicted octanol–water partition coefficient (Wildman–Crippen LogP) is 13.4. The average Bonchev–Trinajstić information content (AvgIpc) is 1.63. The van der Waals surface area contributed by atoms with E-state index in [-0.39, 0.29) is 45.6 Å². The summed E-state index contributed by atoms with van der Waals surface area (Å²) in [6, 6.07) is 49.7. The third kappa shape index (κ3) is 10.9. The van der Waals surface area contributed by atoms with Crippen LogP contribution < -0.4 is 24.2 Å². The highest BCUT2D eigenvalue weighted by Gasteiger charge is 2.54. The first-order valence-corrected chi connectivity index (χ1v) is 29.4. The van der Waals surface area contributed by atoms with Gasteiger partial charge in [0.15, 0.2) is 16.8 Å². The van der Waals surface area contributed by atoms with Crippen LogP contribution in [0.5, 0.6) is 34.5 Å². The Balaban J connectivity index is 0.000000150. The number of phenols is 4. The molecule has 0 aromatic heterocycles. The molecule has 0 radical (unpaired) electrons. The molecule has 3 aliphatic heterocycles. The maximum Gasteiger partial charge on any atom is 0.340 e. The monoisotopic (exact) mass is 1250 g/mol. The number of non-ortho nitro benzene ring substituents is 1. The molecule has 3 heterocycles. The van der Waals surface area contributed by atoms with E-state index in [0.29, 0.717) is 72.0 Å². The summed E-state index contributed by atoms with van der Waals surface area (Å²) < 4.78 is 29.2. The van der Waals surface area contributed by atoms with Crippen LogP contribution in [-0.2, 0) is 31.0 Å². The van der Waals surface area contributed by atoms with E-state index in [0.717, 1.165) is 35.7 Å². The Morgan fingerprint density at radius 3 is 1.23 bits per heavy atom. The quantitative estimate of drug-likeness (QED) is 0.0343. The van der Waals surface area contributed by atoms with Crippen LogP contribution in [0.4, 0.5) is 22.7 Å². The first kappa shape index (κ1) is 63.3. The topological polar surface area (TPSA) is 231 Å². The van der Waals surface area contributed by atoms with Crippen molar-refractivity contribution in [3.05, 3.63) is 269 Å². The standard InChI is InChI=1S/C26H27NO4.C23H20ClNO4.C23H20N2O6/c1-5-27(6-2)18-12-13-21(23(28)16-18)26(22-15-17(3)11-14-24(22)30-4)20-10-8-7-9-19(20)25(29)31-26;1-13-10-18(21(27)12-19(13)24)23(16-7-5-4-6-15(16)22(28)29-23)17-9-8-14(25(2)3)11-20(17)26;1-24(2)14-8-10-18(20(26)13-14)23(17-7-5-4-6-16(17)22(27)31-23)19-12-15(25(28)29)9-11-21(19)30-3/h7-16,28H,5-6H2,1-4H3;4-12,26-27H,1-3H3;4-13,26H,1-3H3. The number of benzene rings is 9. The van der Waals surface area contributed by atoms with Crippen LogP contribution in [0.25, 0.3) is 0 Å². The lowest BCUT2D eigenvalue weighted by molar-refractivity contribution is -0.385. The summed E-state index contributed by atoms with van der Waals surface area (Å²) in [5, 5.41) is 55.8. The number of nitro groups is 1. The number of aryl methyl sites for hydroxylation is 2. The summed E-state index contributed by atoms with van der Waals surface area (Å²) in [5.74, 6) is -0.903. The number of esters is 3.